The minimum absolute atomic E-state index is 0.00123. The highest BCUT2D eigenvalue weighted by Gasteiger charge is 2.25. The summed E-state index contributed by atoms with van der Waals surface area (Å²) in [5.41, 5.74) is 3.59. The van der Waals surface area contributed by atoms with Gasteiger partial charge in [-0.05, 0) is 22.8 Å². The lowest BCUT2D eigenvalue weighted by molar-refractivity contribution is -0.384. The quantitative estimate of drug-likeness (QED) is 0.347. The average Bonchev–Trinajstić information content (AvgIpc) is 3.13. The molecule has 0 bridgehead atoms. The first-order valence-corrected chi connectivity index (χ1v) is 9.58. The minimum Gasteiger partial charge on any atom is -0.330 e. The predicted octanol–water partition coefficient (Wildman–Crippen LogP) is 5.26. The summed E-state index contributed by atoms with van der Waals surface area (Å²) in [4.78, 5) is 25.4. The molecule has 1 heterocycles. The van der Waals surface area contributed by atoms with Gasteiger partial charge in [0.2, 0.25) is 0 Å². The van der Waals surface area contributed by atoms with E-state index in [0.29, 0.717) is 10.9 Å². The zero-order chi connectivity index (χ0) is 21.3. The van der Waals surface area contributed by atoms with Crippen molar-refractivity contribution in [3.05, 3.63) is 112 Å². The molecule has 0 radical (unpaired) electrons. The van der Waals surface area contributed by atoms with Gasteiger partial charge >= 0.3 is 6.03 Å². The molecule has 3 aromatic carbocycles. The molecule has 30 heavy (non-hydrogen) atoms. The molecule has 0 atom stereocenters. The molecule has 0 N–H and O–H groups in total. The molecule has 0 aliphatic rings. The minimum atomic E-state index is -0.408. The van der Waals surface area contributed by atoms with Crippen molar-refractivity contribution in [2.45, 2.75) is 5.92 Å². The van der Waals surface area contributed by atoms with Crippen LogP contribution >= 0.6 is 0 Å². The van der Waals surface area contributed by atoms with Gasteiger partial charge in [-0.1, -0.05) is 60.7 Å². The number of carbonyl (C=O) groups is 1. The summed E-state index contributed by atoms with van der Waals surface area (Å²) in [6, 6.07) is 24.4. The van der Waals surface area contributed by atoms with Crippen molar-refractivity contribution in [3.63, 3.8) is 0 Å². The summed E-state index contributed by atoms with van der Waals surface area (Å²) < 4.78 is 1.56. The first kappa shape index (κ1) is 19.4. The summed E-state index contributed by atoms with van der Waals surface area (Å²) in [7, 11) is 3.37. The maximum atomic E-state index is 12.8. The molecule has 0 aliphatic carbocycles. The summed E-state index contributed by atoms with van der Waals surface area (Å²) >= 11 is 0. The molecule has 6 heteroatoms. The Kier molecular flexibility index (Phi) is 5.06. The standard InChI is InChI=1S/C24H21N3O3/c1-25(2)24(28)26-16-21(20-15-19(27(29)30)13-14-22(20)26)23(17-9-5-3-6-10-17)18-11-7-4-8-12-18/h3-16,23H,1-2H3. The number of non-ortho nitro benzene ring substituents is 1. The molecule has 0 saturated carbocycles. The van der Waals surface area contributed by atoms with Crippen LogP contribution < -0.4 is 0 Å². The molecule has 1 amide bonds. The number of rotatable bonds is 4. The monoisotopic (exact) mass is 399 g/mol. The van der Waals surface area contributed by atoms with E-state index in [1.165, 1.54) is 11.0 Å². The predicted molar refractivity (Wildman–Crippen MR) is 117 cm³/mol. The third-order valence-corrected chi connectivity index (χ3v) is 5.20. The van der Waals surface area contributed by atoms with Crippen molar-refractivity contribution in [1.29, 1.82) is 0 Å². The molecule has 0 fully saturated rings. The topological polar surface area (TPSA) is 68.4 Å². The second-order valence-electron chi connectivity index (χ2n) is 7.34. The van der Waals surface area contributed by atoms with Gasteiger partial charge in [0.25, 0.3) is 5.69 Å². The van der Waals surface area contributed by atoms with Crippen LogP contribution in [-0.4, -0.2) is 34.5 Å². The highest BCUT2D eigenvalue weighted by atomic mass is 16.6. The van der Waals surface area contributed by atoms with Crippen LogP contribution in [0.25, 0.3) is 10.9 Å². The molecular weight excluding hydrogens is 378 g/mol. The molecular formula is C24H21N3O3. The van der Waals surface area contributed by atoms with Crippen LogP contribution in [0.1, 0.15) is 22.6 Å². The van der Waals surface area contributed by atoms with E-state index >= 15 is 0 Å². The van der Waals surface area contributed by atoms with Gasteiger partial charge in [0.05, 0.1) is 10.4 Å². The second kappa shape index (κ2) is 7.83. The van der Waals surface area contributed by atoms with Crippen molar-refractivity contribution in [2.75, 3.05) is 14.1 Å². The van der Waals surface area contributed by atoms with E-state index in [9.17, 15) is 14.9 Å². The van der Waals surface area contributed by atoms with Crippen LogP contribution in [0.4, 0.5) is 10.5 Å². The van der Waals surface area contributed by atoms with Crippen LogP contribution in [0.2, 0.25) is 0 Å². The highest BCUT2D eigenvalue weighted by molar-refractivity contribution is 5.95. The lowest BCUT2D eigenvalue weighted by Gasteiger charge is -2.18. The maximum Gasteiger partial charge on any atom is 0.328 e. The number of nitrogens with zero attached hydrogens (tertiary/aromatic N) is 3. The number of hydrogen-bond donors (Lipinski definition) is 0. The molecule has 0 unspecified atom stereocenters. The Labute approximate surface area is 174 Å². The van der Waals surface area contributed by atoms with E-state index in [1.54, 1.807) is 37.0 Å². The number of amides is 1. The zero-order valence-electron chi connectivity index (χ0n) is 16.7. The van der Waals surface area contributed by atoms with Crippen molar-refractivity contribution in [1.82, 2.24) is 9.47 Å². The van der Waals surface area contributed by atoms with Crippen molar-refractivity contribution in [3.8, 4) is 0 Å². The SMILES string of the molecule is CN(C)C(=O)n1cc(C(c2ccccc2)c2ccccc2)c2cc([N+](=O)[O-])ccc21. The lowest BCUT2D eigenvalue weighted by Crippen LogP contribution is -2.26. The van der Waals surface area contributed by atoms with E-state index < -0.39 is 4.92 Å². The van der Waals surface area contributed by atoms with Gasteiger partial charge in [0.1, 0.15) is 0 Å². The first-order valence-electron chi connectivity index (χ1n) is 9.58. The van der Waals surface area contributed by atoms with Gasteiger partial charge in [-0.15, -0.1) is 0 Å². The van der Waals surface area contributed by atoms with E-state index in [1.807, 2.05) is 60.7 Å². The van der Waals surface area contributed by atoms with E-state index in [2.05, 4.69) is 0 Å². The van der Waals surface area contributed by atoms with E-state index in [4.69, 9.17) is 0 Å². The number of hydrogen-bond acceptors (Lipinski definition) is 3. The average molecular weight is 399 g/mol. The summed E-state index contributed by atoms with van der Waals surface area (Å²) in [5, 5.41) is 12.1. The highest BCUT2D eigenvalue weighted by Crippen LogP contribution is 2.38. The fourth-order valence-corrected chi connectivity index (χ4v) is 3.80. The van der Waals surface area contributed by atoms with Crippen molar-refractivity contribution >= 4 is 22.6 Å². The Bertz CT molecular complexity index is 1180. The summed E-state index contributed by atoms with van der Waals surface area (Å²) in [5.74, 6) is -0.173. The van der Waals surface area contributed by atoms with Crippen LogP contribution in [0.5, 0.6) is 0 Å². The Balaban J connectivity index is 2.04. The molecule has 0 aliphatic heterocycles. The van der Waals surface area contributed by atoms with E-state index in [0.717, 1.165) is 16.7 Å². The molecule has 1 aromatic heterocycles. The summed E-state index contributed by atoms with van der Waals surface area (Å²) in [6.45, 7) is 0. The number of fused-ring (bicyclic) bond motifs is 1. The van der Waals surface area contributed by atoms with Gasteiger partial charge in [0, 0.05) is 43.7 Å². The van der Waals surface area contributed by atoms with Crippen LogP contribution in [0.3, 0.4) is 0 Å². The van der Waals surface area contributed by atoms with Crippen LogP contribution in [0.15, 0.2) is 85.1 Å². The third-order valence-electron chi connectivity index (χ3n) is 5.20. The summed E-state index contributed by atoms with van der Waals surface area (Å²) in [6.07, 6.45) is 1.81. The molecule has 0 spiro atoms. The molecule has 4 rings (SSSR count). The molecule has 0 saturated heterocycles. The number of aromatic nitrogens is 1. The number of benzene rings is 3. The number of nitro benzene ring substituents is 1. The zero-order valence-corrected chi connectivity index (χ0v) is 16.7. The fraction of sp³-hybridized carbons (Fsp3) is 0.125. The Morgan fingerprint density at radius 2 is 1.50 bits per heavy atom. The smallest absolute Gasteiger partial charge is 0.328 e. The van der Waals surface area contributed by atoms with Gasteiger partial charge in [-0.25, -0.2) is 4.79 Å². The van der Waals surface area contributed by atoms with E-state index in [-0.39, 0.29) is 17.6 Å². The molecule has 6 nitrogen and oxygen atoms in total. The number of carbonyl (C=O) groups excluding carboxylic acids is 1. The molecule has 4 aromatic rings. The Morgan fingerprint density at radius 1 is 0.933 bits per heavy atom. The number of nitro groups is 1. The largest absolute Gasteiger partial charge is 0.330 e. The van der Waals surface area contributed by atoms with Gasteiger partial charge < -0.3 is 4.90 Å². The first-order chi connectivity index (χ1) is 14.5. The molecule has 150 valence electrons. The van der Waals surface area contributed by atoms with Crippen LogP contribution in [-0.2, 0) is 0 Å². The fourth-order valence-electron chi connectivity index (χ4n) is 3.80. The second-order valence-corrected chi connectivity index (χ2v) is 7.34. The van der Waals surface area contributed by atoms with Gasteiger partial charge in [-0.2, -0.15) is 0 Å². The van der Waals surface area contributed by atoms with Gasteiger partial charge in [-0.3, -0.25) is 14.7 Å². The Hall–Kier alpha value is -3.93. The van der Waals surface area contributed by atoms with Crippen molar-refractivity contribution < 1.29 is 9.72 Å². The normalized spacial score (nSPS) is 11.0. The maximum absolute atomic E-state index is 12.8. The lowest BCUT2D eigenvalue weighted by atomic mass is 9.85. The van der Waals surface area contributed by atoms with Gasteiger partial charge in [0.15, 0.2) is 0 Å². The van der Waals surface area contributed by atoms with Crippen molar-refractivity contribution in [2.24, 2.45) is 0 Å². The van der Waals surface area contributed by atoms with Crippen LogP contribution in [0, 0.1) is 10.1 Å². The Morgan fingerprint density at radius 3 is 2.00 bits per heavy atom. The third kappa shape index (κ3) is 3.43.